The number of benzene rings is 1. The van der Waals surface area contributed by atoms with Gasteiger partial charge in [0.05, 0.1) is 0 Å². The Morgan fingerprint density at radius 2 is 2.18 bits per heavy atom. The van der Waals surface area contributed by atoms with Gasteiger partial charge in [0.2, 0.25) is 5.91 Å². The zero-order valence-corrected chi connectivity index (χ0v) is 9.81. The minimum Gasteiger partial charge on any atom is -0.325 e. The first-order valence-corrected chi connectivity index (χ1v) is 5.22. The number of anilines is 1. The molecular weight excluding hydrogens is 243 g/mol. The fraction of sp³-hybridized carbons (Fsp3) is 0.250. The molecule has 1 spiro atoms. The Morgan fingerprint density at radius 3 is 2.88 bits per heavy atom. The highest BCUT2D eigenvalue weighted by atomic mass is 35.5. The molecule has 3 nitrogen and oxygen atoms in total. The fourth-order valence-corrected chi connectivity index (χ4v) is 2.38. The Balaban J connectivity index is 0.00000108. The van der Waals surface area contributed by atoms with Crippen LogP contribution in [0.5, 0.6) is 0 Å². The van der Waals surface area contributed by atoms with Gasteiger partial charge in [0.15, 0.2) is 0 Å². The van der Waals surface area contributed by atoms with Gasteiger partial charge in [-0.1, -0.05) is 18.2 Å². The quantitative estimate of drug-likeness (QED) is 0.691. The van der Waals surface area contributed by atoms with Gasteiger partial charge in [-0.25, -0.2) is 4.39 Å². The van der Waals surface area contributed by atoms with Gasteiger partial charge in [-0.05, 0) is 17.7 Å². The van der Waals surface area contributed by atoms with Crippen molar-refractivity contribution in [3.8, 4) is 0 Å². The number of hydrogen-bond donors (Lipinski definition) is 2. The van der Waals surface area contributed by atoms with E-state index in [1.165, 1.54) is 12.1 Å². The predicted octanol–water partition coefficient (Wildman–Crippen LogP) is 1.60. The van der Waals surface area contributed by atoms with E-state index in [0.717, 1.165) is 12.1 Å². The molecule has 0 bridgehead atoms. The van der Waals surface area contributed by atoms with E-state index in [4.69, 9.17) is 0 Å². The smallest absolute Gasteiger partial charge is 0.240 e. The lowest BCUT2D eigenvalue weighted by Gasteiger charge is -2.27. The summed E-state index contributed by atoms with van der Waals surface area (Å²) < 4.78 is 13.1. The molecule has 3 rings (SSSR count). The molecule has 5 heteroatoms. The summed E-state index contributed by atoms with van der Waals surface area (Å²) in [6, 6.07) is 4.44. The topological polar surface area (TPSA) is 41.1 Å². The van der Waals surface area contributed by atoms with E-state index in [1.807, 2.05) is 12.2 Å². The number of carbonyl (C=O) groups excluding carboxylic acids is 1. The normalized spacial score (nSPS) is 25.4. The van der Waals surface area contributed by atoms with Gasteiger partial charge in [0, 0.05) is 18.8 Å². The number of fused-ring (bicyclic) bond motifs is 2. The summed E-state index contributed by atoms with van der Waals surface area (Å²) in [5.41, 5.74) is 0.780. The highest BCUT2D eigenvalue weighted by Crippen LogP contribution is 2.39. The van der Waals surface area contributed by atoms with Crippen LogP contribution in [0.15, 0.2) is 30.4 Å². The molecule has 0 fully saturated rings. The maximum atomic E-state index is 13.1. The molecule has 0 saturated heterocycles. The molecule has 2 N–H and O–H groups in total. The third kappa shape index (κ3) is 1.64. The molecule has 1 amide bonds. The molecule has 0 unspecified atom stereocenters. The van der Waals surface area contributed by atoms with E-state index in [9.17, 15) is 9.18 Å². The molecule has 0 aliphatic carbocycles. The largest absolute Gasteiger partial charge is 0.325 e. The van der Waals surface area contributed by atoms with Gasteiger partial charge >= 0.3 is 0 Å². The van der Waals surface area contributed by atoms with Gasteiger partial charge in [-0.2, -0.15) is 0 Å². The third-order valence-electron chi connectivity index (χ3n) is 3.18. The van der Waals surface area contributed by atoms with Crippen molar-refractivity contribution >= 4 is 24.0 Å². The monoisotopic (exact) mass is 254 g/mol. The average Bonchev–Trinajstić information content (AvgIpc) is 2.53. The predicted molar refractivity (Wildman–Crippen MR) is 66.0 cm³/mol. The summed E-state index contributed by atoms with van der Waals surface area (Å²) in [7, 11) is 0. The number of halogens is 2. The third-order valence-corrected chi connectivity index (χ3v) is 3.18. The lowest BCUT2D eigenvalue weighted by atomic mass is 9.80. The first-order valence-electron chi connectivity index (χ1n) is 5.22. The van der Waals surface area contributed by atoms with Crippen LogP contribution < -0.4 is 10.6 Å². The molecule has 17 heavy (non-hydrogen) atoms. The minimum absolute atomic E-state index is 0. The van der Waals surface area contributed by atoms with Crippen molar-refractivity contribution in [2.45, 2.75) is 5.41 Å². The van der Waals surface area contributed by atoms with Gasteiger partial charge in [0.25, 0.3) is 0 Å². The van der Waals surface area contributed by atoms with Gasteiger partial charge in [0.1, 0.15) is 11.2 Å². The zero-order valence-electron chi connectivity index (χ0n) is 9.00. The highest BCUT2D eigenvalue weighted by molar-refractivity contribution is 6.08. The van der Waals surface area contributed by atoms with E-state index in [1.54, 1.807) is 6.07 Å². The van der Waals surface area contributed by atoms with E-state index in [0.29, 0.717) is 12.2 Å². The number of nitrogens with one attached hydrogen (secondary N) is 2. The molecule has 2 heterocycles. The second-order valence-corrected chi connectivity index (χ2v) is 4.15. The van der Waals surface area contributed by atoms with E-state index < -0.39 is 5.41 Å². The van der Waals surface area contributed by atoms with Crippen molar-refractivity contribution in [1.29, 1.82) is 0 Å². The van der Waals surface area contributed by atoms with E-state index >= 15 is 0 Å². The summed E-state index contributed by atoms with van der Waals surface area (Å²) >= 11 is 0. The summed E-state index contributed by atoms with van der Waals surface area (Å²) in [5.74, 6) is -0.416. The van der Waals surface area contributed by atoms with Gasteiger partial charge in [-0.3, -0.25) is 4.79 Å². The van der Waals surface area contributed by atoms with Crippen molar-refractivity contribution in [2.75, 3.05) is 18.4 Å². The Morgan fingerprint density at radius 1 is 1.35 bits per heavy atom. The van der Waals surface area contributed by atoms with Crippen LogP contribution in [0.3, 0.4) is 0 Å². The second kappa shape index (κ2) is 4.13. The Bertz CT molecular complexity index is 503. The Kier molecular flexibility index (Phi) is 2.93. The lowest BCUT2D eigenvalue weighted by Crippen LogP contribution is -2.44. The standard InChI is InChI=1S/C12H11FN2O.ClH/c13-8-2-3-9-10(6-8)15-11(16)12(9)4-1-5-14-7-12;/h1-4,6,14H,5,7H2,(H,15,16);1H/t12-;/m1./s1. The highest BCUT2D eigenvalue weighted by Gasteiger charge is 2.45. The molecule has 2 aliphatic rings. The lowest BCUT2D eigenvalue weighted by molar-refractivity contribution is -0.119. The summed E-state index contributed by atoms with van der Waals surface area (Å²) in [5, 5.41) is 5.89. The maximum absolute atomic E-state index is 13.1. The number of rotatable bonds is 0. The van der Waals surface area contributed by atoms with Crippen LogP contribution in [0.1, 0.15) is 5.56 Å². The first-order chi connectivity index (χ1) is 7.72. The maximum Gasteiger partial charge on any atom is 0.240 e. The minimum atomic E-state index is -0.652. The van der Waals surface area contributed by atoms with Crippen LogP contribution in [0.2, 0.25) is 0 Å². The number of amides is 1. The van der Waals surface area contributed by atoms with Crippen LogP contribution in [0.4, 0.5) is 10.1 Å². The Hall–Kier alpha value is -1.39. The summed E-state index contributed by atoms with van der Waals surface area (Å²) in [6.45, 7) is 1.33. The fourth-order valence-electron chi connectivity index (χ4n) is 2.38. The molecule has 0 aromatic heterocycles. The van der Waals surface area contributed by atoms with Gasteiger partial charge in [-0.15, -0.1) is 12.4 Å². The summed E-state index contributed by atoms with van der Waals surface area (Å²) in [6.07, 6.45) is 3.84. The molecule has 0 saturated carbocycles. The zero-order chi connectivity index (χ0) is 11.2. The average molecular weight is 255 g/mol. The van der Waals surface area contributed by atoms with Crippen molar-refractivity contribution in [1.82, 2.24) is 5.32 Å². The van der Waals surface area contributed by atoms with Crippen molar-refractivity contribution in [2.24, 2.45) is 0 Å². The second-order valence-electron chi connectivity index (χ2n) is 4.15. The van der Waals surface area contributed by atoms with E-state index in [-0.39, 0.29) is 24.1 Å². The summed E-state index contributed by atoms with van der Waals surface area (Å²) in [4.78, 5) is 12.0. The van der Waals surface area contributed by atoms with E-state index in [2.05, 4.69) is 10.6 Å². The molecule has 90 valence electrons. The molecular formula is C12H12ClFN2O. The Labute approximate surface area is 104 Å². The molecule has 1 aromatic rings. The van der Waals surface area contributed by atoms with Gasteiger partial charge < -0.3 is 10.6 Å². The van der Waals surface area contributed by atoms with Crippen LogP contribution in [0.25, 0.3) is 0 Å². The first kappa shape index (κ1) is 12.1. The number of hydrogen-bond acceptors (Lipinski definition) is 2. The van der Waals surface area contributed by atoms with Crippen LogP contribution in [0, 0.1) is 5.82 Å². The van der Waals surface area contributed by atoms with Crippen LogP contribution in [-0.2, 0) is 10.2 Å². The van der Waals surface area contributed by atoms with Crippen LogP contribution in [-0.4, -0.2) is 19.0 Å². The molecule has 2 aliphatic heterocycles. The number of carbonyl (C=O) groups is 1. The molecule has 0 radical (unpaired) electrons. The van der Waals surface area contributed by atoms with Crippen molar-refractivity contribution in [3.63, 3.8) is 0 Å². The van der Waals surface area contributed by atoms with Crippen LogP contribution >= 0.6 is 12.4 Å². The SMILES string of the molecule is Cl.O=C1Nc2cc(F)ccc2[C@]12C=CCNC2. The molecule has 1 aromatic carbocycles. The van der Waals surface area contributed by atoms with Crippen molar-refractivity contribution < 1.29 is 9.18 Å². The van der Waals surface area contributed by atoms with Crippen molar-refractivity contribution in [3.05, 3.63) is 41.7 Å². The molecule has 1 atom stereocenters.